The Balaban J connectivity index is 1.56. The fourth-order valence-electron chi connectivity index (χ4n) is 3.68. The summed E-state index contributed by atoms with van der Waals surface area (Å²) in [7, 11) is -3.34. The highest BCUT2D eigenvalue weighted by Crippen LogP contribution is 2.25. The average Bonchev–Trinajstić information content (AvgIpc) is 2.61. The highest BCUT2D eigenvalue weighted by Gasteiger charge is 2.33. The van der Waals surface area contributed by atoms with E-state index in [2.05, 4.69) is 15.9 Å². The summed E-state index contributed by atoms with van der Waals surface area (Å²) >= 11 is 3.38. The summed E-state index contributed by atoms with van der Waals surface area (Å²) in [5.74, 6) is 0.219. The standard InChI is InChI=1S/C18H25BrN2O3S/c19-17-6-4-5-15(13-17)14-25(23,24)21-11-7-16(8-12-21)18(22)20-9-2-1-3-10-20/h4-6,13,16H,1-3,7-12,14H2. The van der Waals surface area contributed by atoms with Gasteiger partial charge in [-0.2, -0.15) is 0 Å². The van der Waals surface area contributed by atoms with Crippen molar-refractivity contribution in [3.8, 4) is 0 Å². The number of halogens is 1. The molecule has 7 heteroatoms. The molecule has 0 N–H and O–H groups in total. The second-order valence-electron chi connectivity index (χ2n) is 6.95. The summed E-state index contributed by atoms with van der Waals surface area (Å²) in [6, 6.07) is 7.39. The SMILES string of the molecule is O=C(C1CCN(S(=O)(=O)Cc2cccc(Br)c2)CC1)N1CCCCC1. The van der Waals surface area contributed by atoms with Gasteiger partial charge in [0.05, 0.1) is 5.75 Å². The summed E-state index contributed by atoms with van der Waals surface area (Å²) < 4.78 is 27.7. The third-order valence-electron chi connectivity index (χ3n) is 5.10. The molecule has 2 aliphatic heterocycles. The van der Waals surface area contributed by atoms with E-state index in [-0.39, 0.29) is 17.6 Å². The van der Waals surface area contributed by atoms with Gasteiger partial charge in [-0.1, -0.05) is 28.1 Å². The maximum atomic E-state index is 12.7. The van der Waals surface area contributed by atoms with Gasteiger partial charge in [-0.15, -0.1) is 0 Å². The van der Waals surface area contributed by atoms with Crippen molar-refractivity contribution in [1.29, 1.82) is 0 Å². The van der Waals surface area contributed by atoms with E-state index >= 15 is 0 Å². The van der Waals surface area contributed by atoms with Gasteiger partial charge in [-0.3, -0.25) is 4.79 Å². The van der Waals surface area contributed by atoms with Gasteiger partial charge in [-0.25, -0.2) is 12.7 Å². The van der Waals surface area contributed by atoms with Crippen LogP contribution in [0, 0.1) is 5.92 Å². The van der Waals surface area contributed by atoms with Gasteiger partial charge in [0, 0.05) is 36.6 Å². The normalized spacial score (nSPS) is 20.6. The zero-order valence-electron chi connectivity index (χ0n) is 14.4. The number of sulfonamides is 1. The lowest BCUT2D eigenvalue weighted by molar-refractivity contribution is -0.137. The van der Waals surface area contributed by atoms with Crippen LogP contribution in [-0.2, 0) is 20.6 Å². The lowest BCUT2D eigenvalue weighted by Crippen LogP contribution is -2.45. The van der Waals surface area contributed by atoms with E-state index in [1.807, 2.05) is 29.2 Å². The van der Waals surface area contributed by atoms with Gasteiger partial charge in [0.25, 0.3) is 0 Å². The molecule has 25 heavy (non-hydrogen) atoms. The van der Waals surface area contributed by atoms with Crippen LogP contribution in [0.4, 0.5) is 0 Å². The third-order valence-corrected chi connectivity index (χ3v) is 7.45. The molecule has 2 fully saturated rings. The predicted molar refractivity (Wildman–Crippen MR) is 101 cm³/mol. The van der Waals surface area contributed by atoms with Gasteiger partial charge in [-0.05, 0) is 49.8 Å². The maximum Gasteiger partial charge on any atom is 0.225 e. The predicted octanol–water partition coefficient (Wildman–Crippen LogP) is 3.00. The van der Waals surface area contributed by atoms with Crippen molar-refractivity contribution in [2.45, 2.75) is 37.9 Å². The second-order valence-corrected chi connectivity index (χ2v) is 9.83. The number of amides is 1. The fraction of sp³-hybridized carbons (Fsp3) is 0.611. The van der Waals surface area contributed by atoms with E-state index in [1.165, 1.54) is 6.42 Å². The Morgan fingerprint density at radius 2 is 1.76 bits per heavy atom. The average molecular weight is 429 g/mol. The first-order valence-electron chi connectivity index (χ1n) is 8.97. The molecule has 1 amide bonds. The molecule has 3 rings (SSSR count). The van der Waals surface area contributed by atoms with Crippen molar-refractivity contribution in [3.05, 3.63) is 34.3 Å². The van der Waals surface area contributed by atoms with Crippen LogP contribution in [-0.4, -0.2) is 49.7 Å². The molecule has 0 radical (unpaired) electrons. The molecule has 2 aliphatic rings. The Morgan fingerprint density at radius 3 is 2.40 bits per heavy atom. The summed E-state index contributed by atoms with van der Waals surface area (Å²) in [4.78, 5) is 14.6. The van der Waals surface area contributed by atoms with Crippen molar-refractivity contribution in [3.63, 3.8) is 0 Å². The number of benzene rings is 1. The van der Waals surface area contributed by atoms with Crippen molar-refractivity contribution in [2.24, 2.45) is 5.92 Å². The van der Waals surface area contributed by atoms with Crippen molar-refractivity contribution in [2.75, 3.05) is 26.2 Å². The van der Waals surface area contributed by atoms with E-state index in [1.54, 1.807) is 4.31 Å². The van der Waals surface area contributed by atoms with Crippen LogP contribution in [0.15, 0.2) is 28.7 Å². The van der Waals surface area contributed by atoms with Gasteiger partial charge < -0.3 is 4.90 Å². The van der Waals surface area contributed by atoms with E-state index in [0.29, 0.717) is 25.9 Å². The molecule has 0 aliphatic carbocycles. The first-order chi connectivity index (χ1) is 12.0. The van der Waals surface area contributed by atoms with Gasteiger partial charge in [0.2, 0.25) is 15.9 Å². The van der Waals surface area contributed by atoms with Gasteiger partial charge in [0.1, 0.15) is 0 Å². The first-order valence-corrected chi connectivity index (χ1v) is 11.4. The van der Waals surface area contributed by atoms with Crippen LogP contribution in [0.1, 0.15) is 37.7 Å². The Bertz CT molecular complexity index is 709. The zero-order chi connectivity index (χ0) is 17.9. The number of carbonyl (C=O) groups excluding carboxylic acids is 1. The molecule has 0 unspecified atom stereocenters. The molecule has 0 aromatic heterocycles. The summed E-state index contributed by atoms with van der Waals surface area (Å²) in [6.45, 7) is 2.61. The molecular weight excluding hydrogens is 404 g/mol. The van der Waals surface area contributed by atoms with Gasteiger partial charge in [0.15, 0.2) is 0 Å². The molecular formula is C18H25BrN2O3S. The van der Waals surface area contributed by atoms with Crippen LogP contribution in [0.25, 0.3) is 0 Å². The smallest absolute Gasteiger partial charge is 0.225 e. The largest absolute Gasteiger partial charge is 0.342 e. The van der Waals surface area contributed by atoms with E-state index in [4.69, 9.17) is 0 Å². The van der Waals surface area contributed by atoms with Crippen LogP contribution in [0.2, 0.25) is 0 Å². The maximum absolute atomic E-state index is 12.7. The third kappa shape index (κ3) is 4.83. The fourth-order valence-corrected chi connectivity index (χ4v) is 5.68. The van der Waals surface area contributed by atoms with Crippen LogP contribution in [0.5, 0.6) is 0 Å². The quantitative estimate of drug-likeness (QED) is 0.740. The summed E-state index contributed by atoms with van der Waals surface area (Å²) in [5, 5.41) is 0. The van der Waals surface area contributed by atoms with Gasteiger partial charge >= 0.3 is 0 Å². The first kappa shape index (κ1) is 18.9. The number of piperidine rings is 2. The molecule has 1 aromatic carbocycles. The molecule has 5 nitrogen and oxygen atoms in total. The Kier molecular flexibility index (Phi) is 6.17. The summed E-state index contributed by atoms with van der Waals surface area (Å²) in [6.07, 6.45) is 4.65. The highest BCUT2D eigenvalue weighted by atomic mass is 79.9. The van der Waals surface area contributed by atoms with Crippen molar-refractivity contribution < 1.29 is 13.2 Å². The van der Waals surface area contributed by atoms with Crippen LogP contribution >= 0.6 is 15.9 Å². The summed E-state index contributed by atoms with van der Waals surface area (Å²) in [5.41, 5.74) is 0.779. The lowest BCUT2D eigenvalue weighted by atomic mass is 9.95. The minimum Gasteiger partial charge on any atom is -0.342 e. The minimum atomic E-state index is -3.34. The van der Waals surface area contributed by atoms with Crippen molar-refractivity contribution >= 4 is 31.9 Å². The molecule has 2 saturated heterocycles. The number of hydrogen-bond acceptors (Lipinski definition) is 3. The Hall–Kier alpha value is -0.920. The molecule has 0 spiro atoms. The van der Waals surface area contributed by atoms with Crippen molar-refractivity contribution in [1.82, 2.24) is 9.21 Å². The molecule has 138 valence electrons. The number of likely N-dealkylation sites (tertiary alicyclic amines) is 1. The number of carbonyl (C=O) groups is 1. The molecule has 0 bridgehead atoms. The van der Waals surface area contributed by atoms with Crippen LogP contribution in [0.3, 0.4) is 0 Å². The minimum absolute atomic E-state index is 0.0111. The molecule has 0 atom stereocenters. The topological polar surface area (TPSA) is 57.7 Å². The Morgan fingerprint density at radius 1 is 1.08 bits per heavy atom. The molecule has 2 heterocycles. The monoisotopic (exact) mass is 428 g/mol. The van der Waals surface area contributed by atoms with E-state index in [0.717, 1.165) is 36.0 Å². The second kappa shape index (κ2) is 8.18. The zero-order valence-corrected chi connectivity index (χ0v) is 16.8. The number of nitrogens with zero attached hydrogens (tertiary/aromatic N) is 2. The molecule has 1 aromatic rings. The highest BCUT2D eigenvalue weighted by molar-refractivity contribution is 9.10. The van der Waals surface area contributed by atoms with Crippen LogP contribution < -0.4 is 0 Å². The number of hydrogen-bond donors (Lipinski definition) is 0. The van der Waals surface area contributed by atoms with E-state index < -0.39 is 10.0 Å². The number of rotatable bonds is 4. The van der Waals surface area contributed by atoms with E-state index in [9.17, 15) is 13.2 Å². The Labute approximate surface area is 158 Å². The molecule has 0 saturated carbocycles. The lowest BCUT2D eigenvalue weighted by Gasteiger charge is -2.35.